The third-order valence-electron chi connectivity index (χ3n) is 6.75. The second-order valence-corrected chi connectivity index (χ2v) is 9.85. The van der Waals surface area contributed by atoms with Gasteiger partial charge in [0.25, 0.3) is 5.91 Å². The number of hydrogen-bond acceptors (Lipinski definition) is 4. The maximum atomic E-state index is 13.5. The van der Waals surface area contributed by atoms with Crippen molar-refractivity contribution in [2.24, 2.45) is 0 Å². The summed E-state index contributed by atoms with van der Waals surface area (Å²) in [6.07, 6.45) is 2.38. The molecule has 0 saturated heterocycles. The minimum Gasteiger partial charge on any atom is -0.356 e. The van der Waals surface area contributed by atoms with Crippen molar-refractivity contribution in [3.63, 3.8) is 0 Å². The lowest BCUT2D eigenvalue weighted by atomic mass is 9.89. The van der Waals surface area contributed by atoms with E-state index in [9.17, 15) is 14.0 Å². The molecule has 4 aromatic rings. The van der Waals surface area contributed by atoms with Crippen LogP contribution in [0.15, 0.2) is 72.9 Å². The van der Waals surface area contributed by atoms with Crippen molar-refractivity contribution in [3.8, 4) is 11.3 Å². The number of benzene rings is 2. The van der Waals surface area contributed by atoms with Gasteiger partial charge < -0.3 is 20.5 Å². The second kappa shape index (κ2) is 9.54. The summed E-state index contributed by atoms with van der Waals surface area (Å²) >= 11 is 0. The second-order valence-electron chi connectivity index (χ2n) is 9.85. The van der Waals surface area contributed by atoms with Crippen molar-refractivity contribution in [2.75, 3.05) is 17.7 Å². The number of aromatic nitrogens is 2. The average Bonchev–Trinajstić information content (AvgIpc) is 3.22. The SMILES string of the molecule is CN1C(=O)c2c([nH]c(-c3ccnc(NC(=O)Cc4ccc(F)cc4)c3)c2Nc2ccccc2)CC1(C)C. The van der Waals surface area contributed by atoms with Crippen LogP contribution in [0.25, 0.3) is 11.3 Å². The lowest BCUT2D eigenvalue weighted by Crippen LogP contribution is -2.50. The van der Waals surface area contributed by atoms with Crippen LogP contribution < -0.4 is 10.6 Å². The molecule has 8 heteroatoms. The number of anilines is 3. The number of para-hydroxylation sites is 1. The van der Waals surface area contributed by atoms with Crippen molar-refractivity contribution in [1.29, 1.82) is 0 Å². The van der Waals surface area contributed by atoms with Crippen LogP contribution in [0.1, 0.15) is 35.5 Å². The molecule has 0 unspecified atom stereocenters. The quantitative estimate of drug-likeness (QED) is 0.326. The fourth-order valence-corrected chi connectivity index (χ4v) is 4.55. The van der Waals surface area contributed by atoms with Crippen LogP contribution >= 0.6 is 0 Å². The van der Waals surface area contributed by atoms with Gasteiger partial charge in [-0.3, -0.25) is 9.59 Å². The molecule has 0 fully saturated rings. The van der Waals surface area contributed by atoms with Gasteiger partial charge >= 0.3 is 0 Å². The number of amides is 2. The van der Waals surface area contributed by atoms with E-state index in [0.717, 1.165) is 22.6 Å². The molecule has 0 saturated carbocycles. The molecule has 3 N–H and O–H groups in total. The van der Waals surface area contributed by atoms with E-state index in [0.29, 0.717) is 29.1 Å². The summed E-state index contributed by atoms with van der Waals surface area (Å²) in [7, 11) is 1.82. The number of H-pyrrole nitrogens is 1. The maximum Gasteiger partial charge on any atom is 0.258 e. The third kappa shape index (κ3) is 4.95. The minimum absolute atomic E-state index is 0.0611. The van der Waals surface area contributed by atoms with Gasteiger partial charge in [-0.1, -0.05) is 30.3 Å². The third-order valence-corrected chi connectivity index (χ3v) is 6.75. The maximum absolute atomic E-state index is 13.5. The van der Waals surface area contributed by atoms with Gasteiger partial charge in [0, 0.05) is 42.1 Å². The normalized spacial score (nSPS) is 14.3. The largest absolute Gasteiger partial charge is 0.356 e. The molecule has 3 heterocycles. The van der Waals surface area contributed by atoms with Crippen molar-refractivity contribution in [1.82, 2.24) is 14.9 Å². The highest BCUT2D eigenvalue weighted by atomic mass is 19.1. The summed E-state index contributed by atoms with van der Waals surface area (Å²) in [5.74, 6) is -0.288. The van der Waals surface area contributed by atoms with Gasteiger partial charge in [0.1, 0.15) is 11.6 Å². The van der Waals surface area contributed by atoms with Crippen LogP contribution in [0.3, 0.4) is 0 Å². The van der Waals surface area contributed by atoms with Crippen LogP contribution in [0.5, 0.6) is 0 Å². The van der Waals surface area contributed by atoms with Crippen molar-refractivity contribution < 1.29 is 14.0 Å². The molecule has 188 valence electrons. The zero-order valence-corrected chi connectivity index (χ0v) is 20.9. The Labute approximate surface area is 214 Å². The summed E-state index contributed by atoms with van der Waals surface area (Å²) in [5.41, 5.74) is 4.88. The Morgan fingerprint density at radius 2 is 1.84 bits per heavy atom. The highest BCUT2D eigenvalue weighted by molar-refractivity contribution is 6.06. The van der Waals surface area contributed by atoms with E-state index in [-0.39, 0.29) is 29.6 Å². The van der Waals surface area contributed by atoms with E-state index in [4.69, 9.17) is 0 Å². The van der Waals surface area contributed by atoms with E-state index in [2.05, 4.69) is 20.6 Å². The highest BCUT2D eigenvalue weighted by Crippen LogP contribution is 2.41. The van der Waals surface area contributed by atoms with Crippen molar-refractivity contribution in [2.45, 2.75) is 32.2 Å². The molecule has 1 aliphatic rings. The number of nitrogens with one attached hydrogen (secondary N) is 3. The van der Waals surface area contributed by atoms with Gasteiger partial charge in [0.15, 0.2) is 0 Å². The molecule has 0 atom stereocenters. The number of pyridine rings is 1. The molecule has 2 amide bonds. The summed E-state index contributed by atoms with van der Waals surface area (Å²) < 4.78 is 13.2. The Bertz CT molecular complexity index is 1460. The molecule has 5 rings (SSSR count). The van der Waals surface area contributed by atoms with Gasteiger partial charge in [0.05, 0.1) is 23.4 Å². The van der Waals surface area contributed by atoms with Gasteiger partial charge in [-0.15, -0.1) is 0 Å². The molecule has 1 aliphatic heterocycles. The van der Waals surface area contributed by atoms with E-state index < -0.39 is 0 Å². The lowest BCUT2D eigenvalue weighted by molar-refractivity contribution is -0.115. The standard InChI is InChI=1S/C29H28FN5O2/c1-29(2)17-22-25(28(37)35(29)3)27(32-21-7-5-4-6-8-21)26(33-22)19-13-14-31-23(16-19)34-24(36)15-18-9-11-20(30)12-10-18/h4-14,16,32-33H,15,17H2,1-3H3,(H,31,34,36). The number of carbonyl (C=O) groups excluding carboxylic acids is 2. The summed E-state index contributed by atoms with van der Waals surface area (Å²) in [5, 5.41) is 6.26. The minimum atomic E-state index is -0.347. The number of likely N-dealkylation sites (N-methyl/N-ethyl adjacent to an activating group) is 1. The first-order chi connectivity index (χ1) is 17.7. The molecule has 0 spiro atoms. The zero-order chi connectivity index (χ0) is 26.2. The lowest BCUT2D eigenvalue weighted by Gasteiger charge is -2.39. The monoisotopic (exact) mass is 497 g/mol. The molecular formula is C29H28FN5O2. The highest BCUT2D eigenvalue weighted by Gasteiger charge is 2.39. The number of carbonyl (C=O) groups is 2. The van der Waals surface area contributed by atoms with Crippen LogP contribution in [-0.4, -0.2) is 39.3 Å². The average molecular weight is 498 g/mol. The van der Waals surface area contributed by atoms with E-state index >= 15 is 0 Å². The molecule has 37 heavy (non-hydrogen) atoms. The van der Waals surface area contributed by atoms with Crippen LogP contribution in [-0.2, 0) is 17.6 Å². The number of nitrogens with zero attached hydrogens (tertiary/aromatic N) is 2. The fourth-order valence-electron chi connectivity index (χ4n) is 4.55. The molecule has 2 aromatic heterocycles. The van der Waals surface area contributed by atoms with Gasteiger partial charge in [-0.25, -0.2) is 9.37 Å². The van der Waals surface area contributed by atoms with Crippen molar-refractivity contribution >= 4 is 29.0 Å². The molecule has 2 aromatic carbocycles. The number of rotatable bonds is 6. The van der Waals surface area contributed by atoms with Crippen LogP contribution in [0.4, 0.5) is 21.6 Å². The number of hydrogen-bond donors (Lipinski definition) is 3. The molecule has 7 nitrogen and oxygen atoms in total. The summed E-state index contributed by atoms with van der Waals surface area (Å²) in [6.45, 7) is 4.08. The van der Waals surface area contributed by atoms with Crippen LogP contribution in [0.2, 0.25) is 0 Å². The van der Waals surface area contributed by atoms with E-state index in [1.807, 2.05) is 57.3 Å². The van der Waals surface area contributed by atoms with Gasteiger partial charge in [-0.05, 0) is 55.8 Å². The number of halogens is 1. The Morgan fingerprint density at radius 3 is 2.57 bits per heavy atom. The van der Waals surface area contributed by atoms with Crippen LogP contribution in [0, 0.1) is 5.82 Å². The first kappa shape index (κ1) is 24.2. The first-order valence-electron chi connectivity index (χ1n) is 12.1. The summed E-state index contributed by atoms with van der Waals surface area (Å²) in [4.78, 5) is 35.6. The Balaban J connectivity index is 1.49. The Hall–Kier alpha value is -4.46. The topological polar surface area (TPSA) is 90.1 Å². The Kier molecular flexibility index (Phi) is 6.25. The predicted molar refractivity (Wildman–Crippen MR) is 142 cm³/mol. The number of aromatic amines is 1. The van der Waals surface area contributed by atoms with E-state index in [1.165, 1.54) is 12.1 Å². The van der Waals surface area contributed by atoms with E-state index in [1.54, 1.807) is 29.3 Å². The predicted octanol–water partition coefficient (Wildman–Crippen LogP) is 5.55. The fraction of sp³-hybridized carbons (Fsp3) is 0.207. The number of fused-ring (bicyclic) bond motifs is 1. The molecule has 0 aliphatic carbocycles. The zero-order valence-electron chi connectivity index (χ0n) is 20.9. The van der Waals surface area contributed by atoms with Gasteiger partial charge in [0.2, 0.25) is 5.91 Å². The molecule has 0 radical (unpaired) electrons. The first-order valence-corrected chi connectivity index (χ1v) is 12.1. The summed E-state index contributed by atoms with van der Waals surface area (Å²) in [6, 6.07) is 19.1. The molecular weight excluding hydrogens is 469 g/mol. The Morgan fingerprint density at radius 1 is 1.11 bits per heavy atom. The smallest absolute Gasteiger partial charge is 0.258 e. The molecule has 0 bridgehead atoms. The van der Waals surface area contributed by atoms with Crippen molar-refractivity contribution in [3.05, 3.63) is 95.6 Å². The van der Waals surface area contributed by atoms with Gasteiger partial charge in [-0.2, -0.15) is 0 Å².